The van der Waals surface area contributed by atoms with E-state index in [1.54, 1.807) is 0 Å². The molecule has 0 spiro atoms. The molecule has 4 atom stereocenters. The Morgan fingerprint density at radius 1 is 1.23 bits per heavy atom. The smallest absolute Gasteiger partial charge is 0.223 e. The number of carbonyl (C=O) groups is 1. The summed E-state index contributed by atoms with van der Waals surface area (Å²) in [5.41, 5.74) is 0. The molecule has 0 radical (unpaired) electrons. The maximum Gasteiger partial charge on any atom is 0.223 e. The van der Waals surface area contributed by atoms with Crippen LogP contribution in [0, 0.1) is 11.8 Å². The van der Waals surface area contributed by atoms with Crippen molar-refractivity contribution >= 4 is 5.91 Å². The van der Waals surface area contributed by atoms with Gasteiger partial charge in [0.15, 0.2) is 0 Å². The van der Waals surface area contributed by atoms with Gasteiger partial charge in [0.25, 0.3) is 0 Å². The second-order valence-corrected chi connectivity index (χ2v) is 7.35. The van der Waals surface area contributed by atoms with E-state index in [2.05, 4.69) is 17.1 Å². The Kier molecular flexibility index (Phi) is 4.23. The van der Waals surface area contributed by atoms with E-state index in [9.17, 15) is 4.79 Å². The summed E-state index contributed by atoms with van der Waals surface area (Å²) >= 11 is 0. The Bertz CT molecular complexity index is 446. The quantitative estimate of drug-likeness (QED) is 0.733. The van der Waals surface area contributed by atoms with Crippen LogP contribution in [0.25, 0.3) is 0 Å². The van der Waals surface area contributed by atoms with Gasteiger partial charge in [0.2, 0.25) is 5.91 Å². The fourth-order valence-corrected chi connectivity index (χ4v) is 4.15. The number of ether oxygens (including phenoxy) is 2. The summed E-state index contributed by atoms with van der Waals surface area (Å²) in [6.07, 6.45) is 12.4. The van der Waals surface area contributed by atoms with Crippen LogP contribution in [0.3, 0.4) is 0 Å². The zero-order valence-corrected chi connectivity index (χ0v) is 13.3. The highest BCUT2D eigenvalue weighted by Crippen LogP contribution is 2.36. The second-order valence-electron chi connectivity index (χ2n) is 7.35. The van der Waals surface area contributed by atoms with Crippen LogP contribution in [-0.2, 0) is 14.3 Å². The van der Waals surface area contributed by atoms with Crippen LogP contribution < -0.4 is 0 Å². The average molecular weight is 305 g/mol. The lowest BCUT2D eigenvalue weighted by Gasteiger charge is -2.39. The molecule has 0 bridgehead atoms. The summed E-state index contributed by atoms with van der Waals surface area (Å²) in [5.74, 6) is 1.56. The van der Waals surface area contributed by atoms with Gasteiger partial charge in [-0.05, 0) is 50.4 Å². The number of nitrogens with zero attached hydrogens (tertiary/aromatic N) is 1. The fraction of sp³-hybridized carbons (Fsp3) is 0.833. The van der Waals surface area contributed by atoms with E-state index in [0.717, 1.165) is 44.8 Å². The minimum absolute atomic E-state index is 0.107. The molecule has 4 nitrogen and oxygen atoms in total. The zero-order chi connectivity index (χ0) is 14.9. The fourth-order valence-electron chi connectivity index (χ4n) is 4.15. The molecular formula is C18H27NO3. The number of rotatable bonds is 5. The maximum absolute atomic E-state index is 12.7. The lowest BCUT2D eigenvalue weighted by atomic mass is 10.0. The topological polar surface area (TPSA) is 38.8 Å². The van der Waals surface area contributed by atoms with Crippen LogP contribution in [0.15, 0.2) is 12.2 Å². The van der Waals surface area contributed by atoms with Gasteiger partial charge in [-0.25, -0.2) is 0 Å². The predicted octanol–water partition coefficient (Wildman–Crippen LogP) is 2.53. The highest BCUT2D eigenvalue weighted by molar-refractivity contribution is 5.77. The Morgan fingerprint density at radius 3 is 2.91 bits per heavy atom. The molecule has 1 saturated heterocycles. The molecule has 3 fully saturated rings. The third-order valence-corrected chi connectivity index (χ3v) is 5.65. The molecule has 4 rings (SSSR count). The Morgan fingerprint density at radius 2 is 2.14 bits per heavy atom. The lowest BCUT2D eigenvalue weighted by Crippen LogP contribution is -2.54. The summed E-state index contributed by atoms with van der Waals surface area (Å²) in [4.78, 5) is 14.8. The first-order valence-electron chi connectivity index (χ1n) is 9.00. The van der Waals surface area contributed by atoms with Crippen molar-refractivity contribution in [1.82, 2.24) is 4.90 Å². The average Bonchev–Trinajstić information content (AvgIpc) is 3.05. The van der Waals surface area contributed by atoms with Gasteiger partial charge >= 0.3 is 0 Å². The van der Waals surface area contributed by atoms with E-state index in [4.69, 9.17) is 9.47 Å². The minimum Gasteiger partial charge on any atom is -0.375 e. The van der Waals surface area contributed by atoms with Gasteiger partial charge in [-0.3, -0.25) is 4.79 Å². The third kappa shape index (κ3) is 3.09. The Labute approximate surface area is 132 Å². The third-order valence-electron chi connectivity index (χ3n) is 5.65. The summed E-state index contributed by atoms with van der Waals surface area (Å²) in [7, 11) is 0. The van der Waals surface area contributed by atoms with Crippen molar-refractivity contribution in [3.05, 3.63) is 12.2 Å². The highest BCUT2D eigenvalue weighted by atomic mass is 16.5. The van der Waals surface area contributed by atoms with Gasteiger partial charge in [-0.2, -0.15) is 0 Å². The van der Waals surface area contributed by atoms with Crippen LogP contribution in [0.2, 0.25) is 0 Å². The molecule has 3 aliphatic carbocycles. The van der Waals surface area contributed by atoms with Gasteiger partial charge < -0.3 is 14.4 Å². The summed E-state index contributed by atoms with van der Waals surface area (Å²) in [6, 6.07) is 0.246. The molecule has 4 heteroatoms. The van der Waals surface area contributed by atoms with Crippen LogP contribution >= 0.6 is 0 Å². The van der Waals surface area contributed by atoms with Gasteiger partial charge in [0.05, 0.1) is 18.8 Å². The molecule has 4 aliphatic rings. The summed E-state index contributed by atoms with van der Waals surface area (Å²) < 4.78 is 12.1. The molecule has 0 N–H and O–H groups in total. The van der Waals surface area contributed by atoms with Crippen molar-refractivity contribution in [1.29, 1.82) is 0 Å². The molecule has 0 aromatic rings. The van der Waals surface area contributed by atoms with Crippen molar-refractivity contribution in [2.24, 2.45) is 11.8 Å². The number of hydrogen-bond acceptors (Lipinski definition) is 3. The van der Waals surface area contributed by atoms with Gasteiger partial charge in [0, 0.05) is 19.6 Å². The number of hydrogen-bond donors (Lipinski definition) is 0. The SMILES string of the molecule is O=C(C[C@@H]1C=CCC1)N1CCO[C@H]2[C@@H](OCC3CC3)CC[C@@H]21. The van der Waals surface area contributed by atoms with E-state index < -0.39 is 0 Å². The largest absolute Gasteiger partial charge is 0.375 e. The van der Waals surface area contributed by atoms with Gasteiger partial charge in [0.1, 0.15) is 6.10 Å². The summed E-state index contributed by atoms with van der Waals surface area (Å²) in [6.45, 7) is 2.31. The van der Waals surface area contributed by atoms with Gasteiger partial charge in [-0.1, -0.05) is 12.2 Å². The van der Waals surface area contributed by atoms with Crippen LogP contribution in [0.1, 0.15) is 44.9 Å². The Balaban J connectivity index is 1.34. The predicted molar refractivity (Wildman–Crippen MR) is 83.4 cm³/mol. The molecule has 1 aliphatic heterocycles. The number of fused-ring (bicyclic) bond motifs is 1. The molecule has 0 unspecified atom stereocenters. The van der Waals surface area contributed by atoms with E-state index in [1.807, 2.05) is 0 Å². The van der Waals surface area contributed by atoms with Crippen molar-refractivity contribution in [2.75, 3.05) is 19.8 Å². The van der Waals surface area contributed by atoms with Crippen molar-refractivity contribution in [2.45, 2.75) is 63.2 Å². The van der Waals surface area contributed by atoms with E-state index in [0.29, 0.717) is 24.9 Å². The normalized spacial score (nSPS) is 37.5. The zero-order valence-electron chi connectivity index (χ0n) is 13.3. The first-order valence-corrected chi connectivity index (χ1v) is 9.00. The maximum atomic E-state index is 12.7. The lowest BCUT2D eigenvalue weighted by molar-refractivity contribution is -0.152. The first kappa shape index (κ1) is 14.7. The molecule has 0 aromatic carbocycles. The molecule has 0 aromatic heterocycles. The van der Waals surface area contributed by atoms with E-state index in [-0.39, 0.29) is 18.2 Å². The monoisotopic (exact) mass is 305 g/mol. The molecular weight excluding hydrogens is 278 g/mol. The van der Waals surface area contributed by atoms with Crippen molar-refractivity contribution in [3.8, 4) is 0 Å². The van der Waals surface area contributed by atoms with E-state index in [1.165, 1.54) is 12.8 Å². The molecule has 122 valence electrons. The van der Waals surface area contributed by atoms with Crippen LogP contribution in [0.4, 0.5) is 0 Å². The minimum atomic E-state index is 0.107. The van der Waals surface area contributed by atoms with Crippen molar-refractivity contribution in [3.63, 3.8) is 0 Å². The molecule has 22 heavy (non-hydrogen) atoms. The van der Waals surface area contributed by atoms with Crippen LogP contribution in [0.5, 0.6) is 0 Å². The number of carbonyl (C=O) groups excluding carboxylic acids is 1. The standard InChI is InChI=1S/C18H27NO3/c20-17(11-13-3-1-2-4-13)19-9-10-21-18-15(19)7-8-16(18)22-12-14-5-6-14/h1,3,13-16,18H,2,4-12H2/t13-,15+,16+,18-/m1/s1. The van der Waals surface area contributed by atoms with Crippen LogP contribution in [-0.4, -0.2) is 48.8 Å². The number of amides is 1. The molecule has 2 saturated carbocycles. The highest BCUT2D eigenvalue weighted by Gasteiger charge is 2.45. The summed E-state index contributed by atoms with van der Waals surface area (Å²) in [5, 5.41) is 0. The van der Waals surface area contributed by atoms with E-state index >= 15 is 0 Å². The number of allylic oxidation sites excluding steroid dienone is 2. The number of morpholine rings is 1. The second kappa shape index (κ2) is 6.32. The Hall–Kier alpha value is -0.870. The molecule has 1 amide bonds. The van der Waals surface area contributed by atoms with Gasteiger partial charge in [-0.15, -0.1) is 0 Å². The first-order chi connectivity index (χ1) is 10.8. The van der Waals surface area contributed by atoms with Crippen molar-refractivity contribution < 1.29 is 14.3 Å². The molecule has 1 heterocycles.